The molecule has 0 amide bonds. The van der Waals surface area contributed by atoms with Crippen molar-refractivity contribution in [2.24, 2.45) is 11.7 Å². The van der Waals surface area contributed by atoms with E-state index in [0.717, 1.165) is 12.1 Å². The van der Waals surface area contributed by atoms with Crippen LogP contribution >= 0.6 is 0 Å². The number of carbonyl (C=O) groups is 1. The number of carboxylic acids is 1. The van der Waals surface area contributed by atoms with E-state index in [9.17, 15) is 14.3 Å². The van der Waals surface area contributed by atoms with Gasteiger partial charge in [-0.25, -0.2) is 9.18 Å². The number of hydrogen-bond donors (Lipinski definition) is 3. The molecule has 17 heavy (non-hydrogen) atoms. The minimum atomic E-state index is -1.38. The summed E-state index contributed by atoms with van der Waals surface area (Å²) in [4.78, 5) is 10.8. The summed E-state index contributed by atoms with van der Waals surface area (Å²) in [6.45, 7) is 3.88. The van der Waals surface area contributed by atoms with Crippen LogP contribution in [0.15, 0.2) is 12.1 Å². The highest BCUT2D eigenvalue weighted by atomic mass is 19.1. The summed E-state index contributed by atoms with van der Waals surface area (Å²) in [5.41, 5.74) is 5.49. The highest BCUT2D eigenvalue weighted by Gasteiger charge is 2.20. The lowest BCUT2D eigenvalue weighted by Gasteiger charge is -2.17. The lowest BCUT2D eigenvalue weighted by atomic mass is 9.95. The molecule has 0 fully saturated rings. The van der Waals surface area contributed by atoms with Crippen LogP contribution in [0.1, 0.15) is 42.2 Å². The normalized spacial score (nSPS) is 12.8. The lowest BCUT2D eigenvalue weighted by molar-refractivity contribution is 0.0693. The van der Waals surface area contributed by atoms with Crippen molar-refractivity contribution in [1.29, 1.82) is 0 Å². The minimum Gasteiger partial charge on any atom is -0.507 e. The van der Waals surface area contributed by atoms with Crippen LogP contribution < -0.4 is 5.73 Å². The average molecular weight is 241 g/mol. The molecule has 0 unspecified atom stereocenters. The van der Waals surface area contributed by atoms with E-state index in [1.54, 1.807) is 0 Å². The number of benzene rings is 1. The second-order valence-corrected chi connectivity index (χ2v) is 4.43. The molecule has 0 aliphatic rings. The van der Waals surface area contributed by atoms with Gasteiger partial charge in [-0.15, -0.1) is 0 Å². The standard InChI is InChI=1S/C12H16FNO3/c1-6(2)3-10(14)8-4-7(13)5-9(11(8)15)12(16)17/h4-6,10,15H,3,14H2,1-2H3,(H,16,17)/t10-/m1/s1. The third-order valence-electron chi connectivity index (χ3n) is 2.46. The van der Waals surface area contributed by atoms with Crippen LogP contribution in [0, 0.1) is 11.7 Å². The summed E-state index contributed by atoms with van der Waals surface area (Å²) >= 11 is 0. The summed E-state index contributed by atoms with van der Waals surface area (Å²) in [5.74, 6) is -2.28. The summed E-state index contributed by atoms with van der Waals surface area (Å²) in [6, 6.07) is 1.28. The minimum absolute atomic E-state index is 0.135. The van der Waals surface area contributed by atoms with Crippen LogP contribution in [0.5, 0.6) is 5.75 Å². The summed E-state index contributed by atoms with van der Waals surface area (Å²) in [6.07, 6.45) is 0.538. The first kappa shape index (κ1) is 13.4. The molecular weight excluding hydrogens is 225 g/mol. The molecule has 0 heterocycles. The zero-order valence-electron chi connectivity index (χ0n) is 9.77. The van der Waals surface area contributed by atoms with Crippen molar-refractivity contribution in [1.82, 2.24) is 0 Å². The van der Waals surface area contributed by atoms with Gasteiger partial charge in [0.25, 0.3) is 0 Å². The molecule has 0 aliphatic carbocycles. The fourth-order valence-corrected chi connectivity index (χ4v) is 1.70. The van der Waals surface area contributed by atoms with E-state index in [1.165, 1.54) is 0 Å². The molecule has 1 atom stereocenters. The van der Waals surface area contributed by atoms with Gasteiger partial charge in [0.1, 0.15) is 17.1 Å². The van der Waals surface area contributed by atoms with E-state index in [1.807, 2.05) is 13.8 Å². The van der Waals surface area contributed by atoms with Gasteiger partial charge in [0.2, 0.25) is 0 Å². The molecule has 0 spiro atoms. The van der Waals surface area contributed by atoms with Gasteiger partial charge in [-0.05, 0) is 24.5 Å². The maximum Gasteiger partial charge on any atom is 0.339 e. The second kappa shape index (κ2) is 5.14. The molecule has 94 valence electrons. The molecule has 4 N–H and O–H groups in total. The van der Waals surface area contributed by atoms with Gasteiger partial charge < -0.3 is 15.9 Å². The molecule has 0 radical (unpaired) electrons. The van der Waals surface area contributed by atoms with Crippen molar-refractivity contribution in [2.75, 3.05) is 0 Å². The van der Waals surface area contributed by atoms with Crippen molar-refractivity contribution >= 4 is 5.97 Å². The highest BCUT2D eigenvalue weighted by molar-refractivity contribution is 5.91. The van der Waals surface area contributed by atoms with Crippen LogP contribution in [0.4, 0.5) is 4.39 Å². The first-order valence-electron chi connectivity index (χ1n) is 5.34. The van der Waals surface area contributed by atoms with Crippen molar-refractivity contribution in [3.05, 3.63) is 29.1 Å². The van der Waals surface area contributed by atoms with E-state index in [-0.39, 0.29) is 11.5 Å². The first-order chi connectivity index (χ1) is 7.82. The summed E-state index contributed by atoms with van der Waals surface area (Å²) < 4.78 is 13.2. The third-order valence-corrected chi connectivity index (χ3v) is 2.46. The van der Waals surface area contributed by atoms with Gasteiger partial charge >= 0.3 is 5.97 Å². The predicted octanol–water partition coefficient (Wildman–Crippen LogP) is 2.28. The molecule has 0 aliphatic heterocycles. The third kappa shape index (κ3) is 3.17. The number of carboxylic acid groups (broad SMARTS) is 1. The molecule has 4 nitrogen and oxygen atoms in total. The Bertz CT molecular complexity index is 432. The molecule has 1 rings (SSSR count). The molecule has 5 heteroatoms. The molecule has 0 saturated carbocycles. The topological polar surface area (TPSA) is 83.6 Å². The van der Waals surface area contributed by atoms with Crippen molar-refractivity contribution < 1.29 is 19.4 Å². The van der Waals surface area contributed by atoms with Gasteiger partial charge in [0, 0.05) is 11.6 Å². The molecule has 1 aromatic carbocycles. The number of aromatic carboxylic acids is 1. The Morgan fingerprint density at radius 3 is 2.53 bits per heavy atom. The van der Waals surface area contributed by atoms with Crippen LogP contribution in [-0.2, 0) is 0 Å². The Kier molecular flexibility index (Phi) is 4.07. The van der Waals surface area contributed by atoms with Gasteiger partial charge in [0.05, 0.1) is 0 Å². The fourth-order valence-electron chi connectivity index (χ4n) is 1.70. The fraction of sp³-hybridized carbons (Fsp3) is 0.417. The maximum atomic E-state index is 13.2. The Balaban J connectivity index is 3.19. The maximum absolute atomic E-state index is 13.2. The Labute approximate surface area is 98.9 Å². The summed E-state index contributed by atoms with van der Waals surface area (Å²) in [7, 11) is 0. The smallest absolute Gasteiger partial charge is 0.339 e. The number of hydrogen-bond acceptors (Lipinski definition) is 3. The highest BCUT2D eigenvalue weighted by Crippen LogP contribution is 2.31. The zero-order valence-corrected chi connectivity index (χ0v) is 9.77. The Morgan fingerprint density at radius 2 is 2.06 bits per heavy atom. The SMILES string of the molecule is CC(C)C[C@@H](N)c1cc(F)cc(C(=O)O)c1O. The van der Waals surface area contributed by atoms with E-state index in [4.69, 9.17) is 10.8 Å². The van der Waals surface area contributed by atoms with Crippen LogP contribution in [0.25, 0.3) is 0 Å². The predicted molar refractivity (Wildman–Crippen MR) is 61.4 cm³/mol. The van der Waals surface area contributed by atoms with Crippen LogP contribution in [-0.4, -0.2) is 16.2 Å². The average Bonchev–Trinajstić information content (AvgIpc) is 2.19. The monoisotopic (exact) mass is 241 g/mol. The quantitative estimate of drug-likeness (QED) is 0.755. The number of phenols is 1. The van der Waals surface area contributed by atoms with E-state index in [2.05, 4.69) is 0 Å². The molecule has 1 aromatic rings. The van der Waals surface area contributed by atoms with E-state index in [0.29, 0.717) is 6.42 Å². The Morgan fingerprint density at radius 1 is 1.47 bits per heavy atom. The number of rotatable bonds is 4. The largest absolute Gasteiger partial charge is 0.507 e. The zero-order chi connectivity index (χ0) is 13.2. The molecule has 0 aromatic heterocycles. The number of nitrogens with two attached hydrogens (primary N) is 1. The van der Waals surface area contributed by atoms with E-state index < -0.39 is 29.1 Å². The lowest BCUT2D eigenvalue weighted by Crippen LogP contribution is -2.14. The van der Waals surface area contributed by atoms with Crippen molar-refractivity contribution in [3.8, 4) is 5.75 Å². The molecular formula is C12H16FNO3. The van der Waals surface area contributed by atoms with Crippen LogP contribution in [0.2, 0.25) is 0 Å². The second-order valence-electron chi connectivity index (χ2n) is 4.43. The van der Waals surface area contributed by atoms with E-state index >= 15 is 0 Å². The van der Waals surface area contributed by atoms with Gasteiger partial charge in [-0.1, -0.05) is 13.8 Å². The van der Waals surface area contributed by atoms with Crippen LogP contribution in [0.3, 0.4) is 0 Å². The van der Waals surface area contributed by atoms with Gasteiger partial charge in [0.15, 0.2) is 0 Å². The van der Waals surface area contributed by atoms with Gasteiger partial charge in [-0.2, -0.15) is 0 Å². The van der Waals surface area contributed by atoms with Crippen molar-refractivity contribution in [3.63, 3.8) is 0 Å². The number of halogens is 1. The Hall–Kier alpha value is -1.62. The van der Waals surface area contributed by atoms with Gasteiger partial charge in [-0.3, -0.25) is 0 Å². The molecule has 0 bridgehead atoms. The van der Waals surface area contributed by atoms with Crippen molar-refractivity contribution in [2.45, 2.75) is 26.3 Å². The molecule has 0 saturated heterocycles. The first-order valence-corrected chi connectivity index (χ1v) is 5.34. The number of aromatic hydroxyl groups is 1. The summed E-state index contributed by atoms with van der Waals surface area (Å²) in [5, 5.41) is 18.6.